The lowest BCUT2D eigenvalue weighted by atomic mass is 9.94. The summed E-state index contributed by atoms with van der Waals surface area (Å²) >= 11 is 12.2. The zero-order valence-corrected chi connectivity index (χ0v) is 13.3. The maximum absolute atomic E-state index is 6.16. The van der Waals surface area contributed by atoms with E-state index in [2.05, 4.69) is 18.2 Å². The SMILES string of the molecule is ClCC(Cc1cccc(Cl)c1)CC1Cc2ccccc2O1. The van der Waals surface area contributed by atoms with Crippen LogP contribution in [0.3, 0.4) is 0 Å². The van der Waals surface area contributed by atoms with Crippen molar-refractivity contribution in [1.29, 1.82) is 0 Å². The largest absolute Gasteiger partial charge is 0.490 e. The van der Waals surface area contributed by atoms with Crippen LogP contribution in [0.15, 0.2) is 48.5 Å². The van der Waals surface area contributed by atoms with Crippen LogP contribution >= 0.6 is 23.2 Å². The molecule has 0 aliphatic carbocycles. The molecule has 1 heterocycles. The number of hydrogen-bond acceptors (Lipinski definition) is 1. The fourth-order valence-corrected chi connectivity index (χ4v) is 3.40. The maximum Gasteiger partial charge on any atom is 0.123 e. The second-order valence-electron chi connectivity index (χ2n) is 5.64. The Bertz CT molecular complexity index is 587. The molecule has 0 saturated carbocycles. The van der Waals surface area contributed by atoms with Gasteiger partial charge in [-0.2, -0.15) is 0 Å². The van der Waals surface area contributed by atoms with Crippen LogP contribution < -0.4 is 4.74 Å². The van der Waals surface area contributed by atoms with Crippen LogP contribution in [-0.2, 0) is 12.8 Å². The van der Waals surface area contributed by atoms with Crippen molar-refractivity contribution in [3.05, 3.63) is 64.7 Å². The lowest BCUT2D eigenvalue weighted by Gasteiger charge is -2.18. The van der Waals surface area contributed by atoms with Crippen molar-refractivity contribution in [2.24, 2.45) is 5.92 Å². The molecule has 2 aromatic carbocycles. The Labute approximate surface area is 135 Å². The molecule has 3 rings (SSSR count). The van der Waals surface area contributed by atoms with E-state index in [-0.39, 0.29) is 6.10 Å². The molecule has 0 bridgehead atoms. The third kappa shape index (κ3) is 3.72. The highest BCUT2D eigenvalue weighted by molar-refractivity contribution is 6.30. The Kier molecular flexibility index (Phi) is 4.72. The van der Waals surface area contributed by atoms with Crippen molar-refractivity contribution < 1.29 is 4.74 Å². The summed E-state index contributed by atoms with van der Waals surface area (Å²) in [6.07, 6.45) is 3.15. The lowest BCUT2D eigenvalue weighted by Crippen LogP contribution is -2.20. The second kappa shape index (κ2) is 6.72. The van der Waals surface area contributed by atoms with Crippen molar-refractivity contribution in [2.45, 2.75) is 25.4 Å². The van der Waals surface area contributed by atoms with Gasteiger partial charge in [0.15, 0.2) is 0 Å². The van der Waals surface area contributed by atoms with Gasteiger partial charge in [0.2, 0.25) is 0 Å². The van der Waals surface area contributed by atoms with Gasteiger partial charge in [0, 0.05) is 17.3 Å². The van der Waals surface area contributed by atoms with E-state index in [1.807, 2.05) is 30.3 Å². The summed E-state index contributed by atoms with van der Waals surface area (Å²) in [5.74, 6) is 2.07. The molecular formula is C18H18Cl2O. The maximum atomic E-state index is 6.16. The van der Waals surface area contributed by atoms with E-state index >= 15 is 0 Å². The van der Waals surface area contributed by atoms with Gasteiger partial charge in [0.25, 0.3) is 0 Å². The molecule has 2 unspecified atom stereocenters. The van der Waals surface area contributed by atoms with E-state index in [9.17, 15) is 0 Å². The van der Waals surface area contributed by atoms with E-state index in [1.165, 1.54) is 11.1 Å². The molecule has 0 radical (unpaired) electrons. The molecule has 3 heteroatoms. The molecule has 0 spiro atoms. The van der Waals surface area contributed by atoms with Crippen LogP contribution in [0.5, 0.6) is 5.75 Å². The van der Waals surface area contributed by atoms with Crippen molar-refractivity contribution in [3.63, 3.8) is 0 Å². The molecule has 0 aromatic heterocycles. The molecule has 2 atom stereocenters. The van der Waals surface area contributed by atoms with Gasteiger partial charge in [-0.25, -0.2) is 0 Å². The Morgan fingerprint density at radius 3 is 2.76 bits per heavy atom. The number of alkyl halides is 1. The van der Waals surface area contributed by atoms with E-state index in [4.69, 9.17) is 27.9 Å². The first-order valence-corrected chi connectivity index (χ1v) is 8.21. The summed E-state index contributed by atoms with van der Waals surface area (Å²) in [6, 6.07) is 16.3. The molecule has 0 N–H and O–H groups in total. The first-order valence-electron chi connectivity index (χ1n) is 7.29. The van der Waals surface area contributed by atoms with Crippen LogP contribution in [0.4, 0.5) is 0 Å². The monoisotopic (exact) mass is 320 g/mol. The number of hydrogen-bond donors (Lipinski definition) is 0. The number of halogens is 2. The average Bonchev–Trinajstić information content (AvgIpc) is 2.89. The highest BCUT2D eigenvalue weighted by Gasteiger charge is 2.25. The average molecular weight is 321 g/mol. The summed E-state index contributed by atoms with van der Waals surface area (Å²) in [7, 11) is 0. The third-order valence-corrected chi connectivity index (χ3v) is 4.61. The second-order valence-corrected chi connectivity index (χ2v) is 6.39. The summed E-state index contributed by atoms with van der Waals surface area (Å²) in [5, 5.41) is 0.783. The topological polar surface area (TPSA) is 9.23 Å². The number of fused-ring (bicyclic) bond motifs is 1. The highest BCUT2D eigenvalue weighted by atomic mass is 35.5. The molecule has 2 aromatic rings. The minimum Gasteiger partial charge on any atom is -0.490 e. The standard InChI is InChI=1S/C18H18Cl2O/c19-12-14(8-13-4-3-6-16(20)9-13)10-17-11-15-5-1-2-7-18(15)21-17/h1-7,9,14,17H,8,10-12H2. The van der Waals surface area contributed by atoms with Crippen molar-refractivity contribution in [2.75, 3.05) is 5.88 Å². The molecule has 110 valence electrons. The first kappa shape index (κ1) is 14.7. The van der Waals surface area contributed by atoms with Crippen molar-refractivity contribution >= 4 is 23.2 Å². The Balaban J connectivity index is 1.61. The molecular weight excluding hydrogens is 303 g/mol. The Hall–Kier alpha value is -1.18. The van der Waals surface area contributed by atoms with Crippen LogP contribution in [-0.4, -0.2) is 12.0 Å². The lowest BCUT2D eigenvalue weighted by molar-refractivity contribution is 0.198. The van der Waals surface area contributed by atoms with Gasteiger partial charge >= 0.3 is 0 Å². The van der Waals surface area contributed by atoms with Crippen molar-refractivity contribution in [3.8, 4) is 5.75 Å². The van der Waals surface area contributed by atoms with Gasteiger partial charge in [-0.05, 0) is 48.1 Å². The number of benzene rings is 2. The molecule has 0 fully saturated rings. The molecule has 0 saturated heterocycles. The van der Waals surface area contributed by atoms with Gasteiger partial charge in [-0.15, -0.1) is 11.6 Å². The third-order valence-electron chi connectivity index (χ3n) is 3.94. The van der Waals surface area contributed by atoms with E-state index in [1.54, 1.807) is 0 Å². The summed E-state index contributed by atoms with van der Waals surface area (Å²) in [6.45, 7) is 0. The number of ether oxygens (including phenoxy) is 1. The molecule has 0 amide bonds. The Morgan fingerprint density at radius 1 is 1.14 bits per heavy atom. The van der Waals surface area contributed by atoms with Gasteiger partial charge in [0.1, 0.15) is 11.9 Å². The van der Waals surface area contributed by atoms with Crippen LogP contribution in [0.25, 0.3) is 0 Å². The zero-order chi connectivity index (χ0) is 14.7. The molecule has 1 aliphatic heterocycles. The smallest absolute Gasteiger partial charge is 0.123 e. The van der Waals surface area contributed by atoms with E-state index < -0.39 is 0 Å². The van der Waals surface area contributed by atoms with Crippen LogP contribution in [0, 0.1) is 5.92 Å². The minimum absolute atomic E-state index is 0.241. The number of rotatable bonds is 5. The van der Waals surface area contributed by atoms with Crippen LogP contribution in [0.1, 0.15) is 17.5 Å². The first-order chi connectivity index (χ1) is 10.2. The summed E-state index contributed by atoms with van der Waals surface area (Å²) in [4.78, 5) is 0. The predicted molar refractivity (Wildman–Crippen MR) is 88.5 cm³/mol. The summed E-state index contributed by atoms with van der Waals surface area (Å²) in [5.41, 5.74) is 2.54. The van der Waals surface area contributed by atoms with Gasteiger partial charge in [-0.3, -0.25) is 0 Å². The Morgan fingerprint density at radius 2 is 2.00 bits per heavy atom. The van der Waals surface area contributed by atoms with E-state index in [0.29, 0.717) is 11.8 Å². The van der Waals surface area contributed by atoms with Gasteiger partial charge in [0.05, 0.1) is 0 Å². The van der Waals surface area contributed by atoms with Crippen LogP contribution in [0.2, 0.25) is 5.02 Å². The minimum atomic E-state index is 0.241. The molecule has 1 nitrogen and oxygen atoms in total. The van der Waals surface area contributed by atoms with Gasteiger partial charge in [-0.1, -0.05) is 41.9 Å². The number of para-hydroxylation sites is 1. The van der Waals surface area contributed by atoms with E-state index in [0.717, 1.165) is 30.0 Å². The fourth-order valence-electron chi connectivity index (χ4n) is 2.96. The normalized spacial score (nSPS) is 18.1. The molecule has 21 heavy (non-hydrogen) atoms. The predicted octanol–water partition coefficient (Wildman–Crippen LogP) is 5.13. The highest BCUT2D eigenvalue weighted by Crippen LogP contribution is 2.31. The van der Waals surface area contributed by atoms with Crippen molar-refractivity contribution in [1.82, 2.24) is 0 Å². The van der Waals surface area contributed by atoms with Gasteiger partial charge < -0.3 is 4.74 Å². The fraction of sp³-hybridized carbons (Fsp3) is 0.333. The zero-order valence-electron chi connectivity index (χ0n) is 11.8. The summed E-state index contributed by atoms with van der Waals surface area (Å²) < 4.78 is 6.02. The molecule has 1 aliphatic rings. The quantitative estimate of drug-likeness (QED) is 0.694.